The smallest absolute Gasteiger partial charge is 0.416 e. The van der Waals surface area contributed by atoms with Gasteiger partial charge in [-0.25, -0.2) is 0 Å². The second-order valence-corrected chi connectivity index (χ2v) is 7.19. The average molecular weight is 396 g/mol. The van der Waals surface area contributed by atoms with E-state index in [0.717, 1.165) is 12.1 Å². The number of hydrogen-bond donors (Lipinski definition) is 1. The Morgan fingerprint density at radius 2 is 1.96 bits per heavy atom. The van der Waals surface area contributed by atoms with Gasteiger partial charge in [0, 0.05) is 18.6 Å². The quantitative estimate of drug-likeness (QED) is 0.792. The molecule has 0 radical (unpaired) electrons. The van der Waals surface area contributed by atoms with E-state index in [4.69, 9.17) is 4.74 Å². The molecule has 9 heteroatoms. The first-order chi connectivity index (χ1) is 13.0. The fourth-order valence-electron chi connectivity index (χ4n) is 3.53. The van der Waals surface area contributed by atoms with Gasteiger partial charge >= 0.3 is 12.1 Å². The molecule has 0 spiro atoms. The van der Waals surface area contributed by atoms with E-state index in [0.29, 0.717) is 24.8 Å². The minimum absolute atomic E-state index is 0.00517. The van der Waals surface area contributed by atoms with Crippen molar-refractivity contribution in [2.75, 3.05) is 20.2 Å². The van der Waals surface area contributed by atoms with Crippen LogP contribution in [0.4, 0.5) is 13.2 Å². The molecule has 1 saturated heterocycles. The molecule has 0 bridgehead atoms. The number of aromatic nitrogens is 1. The summed E-state index contributed by atoms with van der Waals surface area (Å²) < 4.78 is 43.3. The van der Waals surface area contributed by atoms with Gasteiger partial charge in [-0.05, 0) is 43.4 Å². The first kappa shape index (κ1) is 19.9. The molecule has 1 unspecified atom stereocenters. The zero-order valence-corrected chi connectivity index (χ0v) is 15.4. The minimum Gasteiger partial charge on any atom is -0.469 e. The molecule has 1 N–H and O–H groups in total. The first-order valence-electron chi connectivity index (χ1n) is 8.67. The summed E-state index contributed by atoms with van der Waals surface area (Å²) in [4.78, 5) is 41.0. The van der Waals surface area contributed by atoms with Crippen LogP contribution in [-0.4, -0.2) is 42.0 Å². The first-order valence-corrected chi connectivity index (χ1v) is 8.67. The predicted octanol–water partition coefficient (Wildman–Crippen LogP) is 2.96. The number of methoxy groups -OCH3 is 1. The van der Waals surface area contributed by atoms with Crippen molar-refractivity contribution in [1.29, 1.82) is 0 Å². The summed E-state index contributed by atoms with van der Waals surface area (Å²) in [6.45, 7) is 2.17. The second-order valence-electron chi connectivity index (χ2n) is 7.19. The fraction of sp³-hybridized carbons (Fsp3) is 0.421. The van der Waals surface area contributed by atoms with E-state index in [1.54, 1.807) is 6.92 Å². The van der Waals surface area contributed by atoms with E-state index in [1.165, 1.54) is 24.1 Å². The fourth-order valence-corrected chi connectivity index (χ4v) is 3.53. The molecule has 0 aliphatic carbocycles. The summed E-state index contributed by atoms with van der Waals surface area (Å²) in [5.74, 6) is -1.00. The molecule has 150 valence electrons. The molecule has 1 atom stereocenters. The molecule has 28 heavy (non-hydrogen) atoms. The number of aromatic amines is 1. The number of esters is 1. The second kappa shape index (κ2) is 6.96. The Morgan fingerprint density at radius 1 is 1.25 bits per heavy atom. The van der Waals surface area contributed by atoms with Crippen molar-refractivity contribution in [2.24, 2.45) is 5.41 Å². The van der Waals surface area contributed by atoms with Crippen LogP contribution in [0.1, 0.15) is 35.7 Å². The number of benzene rings is 1. The predicted molar refractivity (Wildman–Crippen MR) is 94.8 cm³/mol. The van der Waals surface area contributed by atoms with Crippen LogP contribution in [-0.2, 0) is 15.7 Å². The molecular weight excluding hydrogens is 377 g/mol. The molecule has 0 saturated carbocycles. The Morgan fingerprint density at radius 3 is 2.61 bits per heavy atom. The van der Waals surface area contributed by atoms with Gasteiger partial charge in [0.1, 0.15) is 5.56 Å². The SMILES string of the molecule is COC(=O)C1(C)CCCN(C(=O)c2cc3ccc(C(F)(F)F)cc3[nH]c2=O)C1. The van der Waals surface area contributed by atoms with Crippen LogP contribution in [0.15, 0.2) is 29.1 Å². The molecule has 1 aliphatic rings. The molecule has 2 aromatic rings. The monoisotopic (exact) mass is 396 g/mol. The number of H-pyrrole nitrogens is 1. The lowest BCUT2D eigenvalue weighted by Gasteiger charge is -2.38. The van der Waals surface area contributed by atoms with E-state index in [-0.39, 0.29) is 17.6 Å². The third-order valence-electron chi connectivity index (χ3n) is 5.07. The lowest BCUT2D eigenvalue weighted by molar-refractivity contribution is -0.154. The number of nitrogens with zero attached hydrogens (tertiary/aromatic N) is 1. The van der Waals surface area contributed by atoms with E-state index < -0.39 is 34.6 Å². The maximum atomic E-state index is 12.9. The Labute approximate surface area is 158 Å². The maximum absolute atomic E-state index is 12.9. The number of pyridine rings is 1. The van der Waals surface area contributed by atoms with Crippen LogP contribution in [0.5, 0.6) is 0 Å². The van der Waals surface area contributed by atoms with Gasteiger partial charge in [-0.15, -0.1) is 0 Å². The van der Waals surface area contributed by atoms with Gasteiger partial charge in [0.15, 0.2) is 0 Å². The van der Waals surface area contributed by atoms with Crippen molar-refractivity contribution in [2.45, 2.75) is 25.9 Å². The van der Waals surface area contributed by atoms with E-state index in [9.17, 15) is 27.6 Å². The molecule has 1 aromatic carbocycles. The third kappa shape index (κ3) is 3.61. The summed E-state index contributed by atoms with van der Waals surface area (Å²) in [6, 6.07) is 4.21. The summed E-state index contributed by atoms with van der Waals surface area (Å²) in [5.41, 5.74) is -2.72. The van der Waals surface area contributed by atoms with Crippen LogP contribution in [0, 0.1) is 5.41 Å². The molecule has 2 heterocycles. The normalized spacial score (nSPS) is 20.2. The number of ether oxygens (including phenoxy) is 1. The Bertz CT molecular complexity index is 999. The molecule has 3 rings (SSSR count). The van der Waals surface area contributed by atoms with E-state index in [2.05, 4.69) is 4.98 Å². The van der Waals surface area contributed by atoms with Crippen LogP contribution in [0.3, 0.4) is 0 Å². The number of rotatable bonds is 2. The van der Waals surface area contributed by atoms with Gasteiger partial charge < -0.3 is 14.6 Å². The van der Waals surface area contributed by atoms with Crippen molar-refractivity contribution in [1.82, 2.24) is 9.88 Å². The highest BCUT2D eigenvalue weighted by Gasteiger charge is 2.40. The lowest BCUT2D eigenvalue weighted by atomic mass is 9.81. The third-order valence-corrected chi connectivity index (χ3v) is 5.07. The molecule has 1 aliphatic heterocycles. The summed E-state index contributed by atoms with van der Waals surface area (Å²) in [7, 11) is 1.28. The number of amides is 1. The number of likely N-dealkylation sites (tertiary alicyclic amines) is 1. The lowest BCUT2D eigenvalue weighted by Crippen LogP contribution is -2.49. The zero-order valence-electron chi connectivity index (χ0n) is 15.4. The van der Waals surface area contributed by atoms with Crippen LogP contribution in [0.25, 0.3) is 10.9 Å². The van der Waals surface area contributed by atoms with Gasteiger partial charge in [0.05, 0.1) is 18.1 Å². The topological polar surface area (TPSA) is 79.5 Å². The van der Waals surface area contributed by atoms with Crippen molar-refractivity contribution in [3.63, 3.8) is 0 Å². The summed E-state index contributed by atoms with van der Waals surface area (Å²) in [6.07, 6.45) is -3.42. The maximum Gasteiger partial charge on any atom is 0.416 e. The van der Waals surface area contributed by atoms with Crippen molar-refractivity contribution < 1.29 is 27.5 Å². The van der Waals surface area contributed by atoms with Gasteiger partial charge in [0.25, 0.3) is 11.5 Å². The Kier molecular flexibility index (Phi) is 4.95. The number of piperidine rings is 1. The summed E-state index contributed by atoms with van der Waals surface area (Å²) in [5, 5.41) is 0.309. The van der Waals surface area contributed by atoms with Crippen molar-refractivity contribution >= 4 is 22.8 Å². The summed E-state index contributed by atoms with van der Waals surface area (Å²) >= 11 is 0. The average Bonchev–Trinajstić information content (AvgIpc) is 2.65. The molecule has 1 amide bonds. The number of nitrogens with one attached hydrogen (secondary N) is 1. The van der Waals surface area contributed by atoms with E-state index >= 15 is 0 Å². The number of hydrogen-bond acceptors (Lipinski definition) is 4. The number of carbonyl (C=O) groups excluding carboxylic acids is 2. The van der Waals surface area contributed by atoms with Crippen LogP contribution in [0.2, 0.25) is 0 Å². The number of alkyl halides is 3. The van der Waals surface area contributed by atoms with Crippen molar-refractivity contribution in [3.05, 3.63) is 45.7 Å². The van der Waals surface area contributed by atoms with Crippen LogP contribution < -0.4 is 5.56 Å². The molecular formula is C19H19F3N2O4. The van der Waals surface area contributed by atoms with E-state index in [1.807, 2.05) is 0 Å². The van der Waals surface area contributed by atoms with Gasteiger partial charge in [0.2, 0.25) is 0 Å². The van der Waals surface area contributed by atoms with Gasteiger partial charge in [-0.1, -0.05) is 6.07 Å². The Balaban J connectivity index is 1.94. The molecule has 1 aromatic heterocycles. The van der Waals surface area contributed by atoms with Gasteiger partial charge in [-0.3, -0.25) is 14.4 Å². The highest BCUT2D eigenvalue weighted by molar-refractivity contribution is 5.97. The number of halogens is 3. The Hall–Kier alpha value is -2.84. The number of fused-ring (bicyclic) bond motifs is 1. The molecule has 6 nitrogen and oxygen atoms in total. The largest absolute Gasteiger partial charge is 0.469 e. The van der Waals surface area contributed by atoms with Crippen LogP contribution >= 0.6 is 0 Å². The highest BCUT2D eigenvalue weighted by atomic mass is 19.4. The standard InChI is InChI=1S/C19H19F3N2O4/c1-18(17(27)28-2)6-3-7-24(10-18)16(26)13-8-11-4-5-12(19(20,21)22)9-14(11)23-15(13)25/h4-5,8-9H,3,6-7,10H2,1-2H3,(H,23,25). The zero-order chi connectivity index (χ0) is 20.7. The van der Waals surface area contributed by atoms with Gasteiger partial charge in [-0.2, -0.15) is 13.2 Å². The minimum atomic E-state index is -4.54. The number of carbonyl (C=O) groups is 2. The van der Waals surface area contributed by atoms with Crippen molar-refractivity contribution in [3.8, 4) is 0 Å². The highest BCUT2D eigenvalue weighted by Crippen LogP contribution is 2.32. The molecule has 1 fully saturated rings.